The molecule has 2 rings (SSSR count). The maximum Gasteiger partial charge on any atom is 0.221 e. The molecular formula is C17H33N3O. The molecule has 1 amide bonds. The Hall–Kier alpha value is -0.610. The highest BCUT2D eigenvalue weighted by Gasteiger charge is 2.39. The van der Waals surface area contributed by atoms with Crippen LogP contribution in [0, 0.1) is 23.2 Å². The minimum absolute atomic E-state index is 0.0344. The highest BCUT2D eigenvalue weighted by Crippen LogP contribution is 2.42. The summed E-state index contributed by atoms with van der Waals surface area (Å²) in [5.74, 6) is 1.23. The number of hydrogen-bond acceptors (Lipinski definition) is 3. The minimum atomic E-state index is -0.132. The van der Waals surface area contributed by atoms with Gasteiger partial charge in [0.05, 0.1) is 5.92 Å². The first-order valence-corrected chi connectivity index (χ1v) is 8.56. The Morgan fingerprint density at radius 1 is 1.24 bits per heavy atom. The largest absolute Gasteiger partial charge is 0.369 e. The van der Waals surface area contributed by atoms with Gasteiger partial charge in [-0.15, -0.1) is 0 Å². The third kappa shape index (κ3) is 3.98. The average Bonchev–Trinajstić information content (AvgIpc) is 2.45. The maximum atomic E-state index is 11.5. The molecule has 0 spiro atoms. The fourth-order valence-electron chi connectivity index (χ4n) is 4.26. The summed E-state index contributed by atoms with van der Waals surface area (Å²) in [7, 11) is 0. The number of nitrogens with two attached hydrogens (primary N) is 2. The average molecular weight is 295 g/mol. The smallest absolute Gasteiger partial charge is 0.221 e. The molecule has 0 aromatic carbocycles. The van der Waals surface area contributed by atoms with E-state index in [1.807, 2.05) is 0 Å². The number of nitrogens with zero attached hydrogens (tertiary/aromatic N) is 1. The van der Waals surface area contributed by atoms with Crippen molar-refractivity contribution in [3.8, 4) is 0 Å². The molecule has 1 saturated carbocycles. The third-order valence-electron chi connectivity index (χ3n) is 5.81. The highest BCUT2D eigenvalue weighted by molar-refractivity contribution is 5.76. The van der Waals surface area contributed by atoms with Gasteiger partial charge in [0.25, 0.3) is 0 Å². The molecule has 1 aliphatic carbocycles. The molecule has 0 bridgehead atoms. The molecule has 4 nitrogen and oxygen atoms in total. The molecule has 1 aliphatic heterocycles. The molecule has 2 aliphatic rings. The lowest BCUT2D eigenvalue weighted by molar-refractivity contribution is -0.124. The standard InChI is InChI=1S/C17H33N3O/c1-17(2,3)14-7-6-12(10-18)15(9-14)20-8-4-5-13(11-20)16(19)21/h12-15H,4-11,18H2,1-3H3,(H2,19,21). The topological polar surface area (TPSA) is 72.3 Å². The van der Waals surface area contributed by atoms with E-state index in [0.29, 0.717) is 17.4 Å². The number of primary amides is 1. The van der Waals surface area contributed by atoms with Crippen LogP contribution in [0.3, 0.4) is 0 Å². The van der Waals surface area contributed by atoms with Crippen molar-refractivity contribution in [2.75, 3.05) is 19.6 Å². The van der Waals surface area contributed by atoms with Crippen LogP contribution in [0.4, 0.5) is 0 Å². The van der Waals surface area contributed by atoms with Crippen molar-refractivity contribution in [1.82, 2.24) is 4.90 Å². The summed E-state index contributed by atoms with van der Waals surface area (Å²) in [6.45, 7) is 9.74. The molecule has 4 atom stereocenters. The number of amides is 1. The van der Waals surface area contributed by atoms with Crippen molar-refractivity contribution >= 4 is 5.91 Å². The Morgan fingerprint density at radius 3 is 2.52 bits per heavy atom. The molecule has 4 unspecified atom stereocenters. The highest BCUT2D eigenvalue weighted by atomic mass is 16.1. The van der Waals surface area contributed by atoms with Crippen LogP contribution in [-0.2, 0) is 4.79 Å². The number of likely N-dealkylation sites (tertiary alicyclic amines) is 1. The minimum Gasteiger partial charge on any atom is -0.369 e. The monoisotopic (exact) mass is 295 g/mol. The predicted molar refractivity (Wildman–Crippen MR) is 86.6 cm³/mol. The second kappa shape index (κ2) is 6.66. The fourth-order valence-corrected chi connectivity index (χ4v) is 4.26. The zero-order chi connectivity index (χ0) is 15.6. The number of rotatable bonds is 3. The molecule has 4 N–H and O–H groups in total. The van der Waals surface area contributed by atoms with Gasteiger partial charge in [-0.3, -0.25) is 9.69 Å². The van der Waals surface area contributed by atoms with Crippen molar-refractivity contribution in [3.05, 3.63) is 0 Å². The Bertz CT molecular complexity index is 364. The van der Waals surface area contributed by atoms with Crippen molar-refractivity contribution in [2.45, 2.75) is 58.9 Å². The quantitative estimate of drug-likeness (QED) is 0.836. The summed E-state index contributed by atoms with van der Waals surface area (Å²) in [4.78, 5) is 14.1. The lowest BCUT2D eigenvalue weighted by Crippen LogP contribution is -2.53. The van der Waals surface area contributed by atoms with E-state index in [0.717, 1.165) is 38.4 Å². The zero-order valence-corrected chi connectivity index (χ0v) is 14.0. The van der Waals surface area contributed by atoms with E-state index in [2.05, 4.69) is 25.7 Å². The summed E-state index contributed by atoms with van der Waals surface area (Å²) >= 11 is 0. The summed E-state index contributed by atoms with van der Waals surface area (Å²) in [6.07, 6.45) is 5.77. The van der Waals surface area contributed by atoms with Gasteiger partial charge in [-0.05, 0) is 62.4 Å². The van der Waals surface area contributed by atoms with Gasteiger partial charge in [-0.2, -0.15) is 0 Å². The normalized spacial score (nSPS) is 35.6. The molecule has 1 saturated heterocycles. The number of hydrogen-bond donors (Lipinski definition) is 2. The van der Waals surface area contributed by atoms with Crippen molar-refractivity contribution in [2.24, 2.45) is 34.6 Å². The molecule has 4 heteroatoms. The van der Waals surface area contributed by atoms with Gasteiger partial charge in [0.15, 0.2) is 0 Å². The van der Waals surface area contributed by atoms with Crippen molar-refractivity contribution < 1.29 is 4.79 Å². The fraction of sp³-hybridized carbons (Fsp3) is 0.941. The molecule has 0 aromatic heterocycles. The summed E-state index contributed by atoms with van der Waals surface area (Å²) in [5, 5.41) is 0. The Morgan fingerprint density at radius 2 is 1.95 bits per heavy atom. The van der Waals surface area contributed by atoms with E-state index in [1.165, 1.54) is 19.3 Å². The van der Waals surface area contributed by atoms with E-state index >= 15 is 0 Å². The summed E-state index contributed by atoms with van der Waals surface area (Å²) in [6, 6.07) is 0.537. The molecule has 1 heterocycles. The second-order valence-corrected chi connectivity index (χ2v) is 8.18. The first-order chi connectivity index (χ1) is 9.82. The molecule has 122 valence electrons. The van der Waals surface area contributed by atoms with E-state index in [9.17, 15) is 4.79 Å². The second-order valence-electron chi connectivity index (χ2n) is 8.18. The lowest BCUT2D eigenvalue weighted by Gasteiger charge is -2.48. The third-order valence-corrected chi connectivity index (χ3v) is 5.81. The van der Waals surface area contributed by atoms with Crippen molar-refractivity contribution in [1.29, 1.82) is 0 Å². The van der Waals surface area contributed by atoms with Crippen LogP contribution in [0.5, 0.6) is 0 Å². The van der Waals surface area contributed by atoms with Gasteiger partial charge in [-0.1, -0.05) is 20.8 Å². The molecular weight excluding hydrogens is 262 g/mol. The zero-order valence-electron chi connectivity index (χ0n) is 14.0. The van der Waals surface area contributed by atoms with Gasteiger partial charge in [0, 0.05) is 12.6 Å². The van der Waals surface area contributed by atoms with Crippen LogP contribution >= 0.6 is 0 Å². The van der Waals surface area contributed by atoms with E-state index < -0.39 is 0 Å². The molecule has 2 fully saturated rings. The summed E-state index contributed by atoms with van der Waals surface area (Å²) < 4.78 is 0. The molecule has 21 heavy (non-hydrogen) atoms. The van der Waals surface area contributed by atoms with Gasteiger partial charge in [0.1, 0.15) is 0 Å². The first-order valence-electron chi connectivity index (χ1n) is 8.56. The van der Waals surface area contributed by atoms with Gasteiger partial charge in [0.2, 0.25) is 5.91 Å². The summed E-state index contributed by atoms with van der Waals surface area (Å²) in [5.41, 5.74) is 11.9. The van der Waals surface area contributed by atoms with Crippen LogP contribution in [0.2, 0.25) is 0 Å². The molecule has 0 aromatic rings. The van der Waals surface area contributed by atoms with Crippen molar-refractivity contribution in [3.63, 3.8) is 0 Å². The number of carbonyl (C=O) groups excluding carboxylic acids is 1. The Labute approximate surface area is 129 Å². The van der Waals surface area contributed by atoms with Gasteiger partial charge >= 0.3 is 0 Å². The van der Waals surface area contributed by atoms with Crippen LogP contribution in [0.15, 0.2) is 0 Å². The van der Waals surface area contributed by atoms with Gasteiger partial charge < -0.3 is 11.5 Å². The lowest BCUT2D eigenvalue weighted by atomic mass is 9.67. The van der Waals surface area contributed by atoms with E-state index in [4.69, 9.17) is 11.5 Å². The maximum absolute atomic E-state index is 11.5. The van der Waals surface area contributed by atoms with E-state index in [1.54, 1.807) is 0 Å². The van der Waals surface area contributed by atoms with Crippen LogP contribution in [-0.4, -0.2) is 36.5 Å². The van der Waals surface area contributed by atoms with Crippen LogP contribution in [0.25, 0.3) is 0 Å². The predicted octanol–water partition coefficient (Wildman–Crippen LogP) is 1.97. The molecule has 0 radical (unpaired) electrons. The van der Waals surface area contributed by atoms with Crippen LogP contribution < -0.4 is 11.5 Å². The number of piperidine rings is 1. The SMILES string of the molecule is CC(C)(C)C1CCC(CN)C(N2CCCC(C(N)=O)C2)C1. The van der Waals surface area contributed by atoms with Gasteiger partial charge in [-0.25, -0.2) is 0 Å². The Kier molecular flexibility index (Phi) is 5.31. The number of carbonyl (C=O) groups is 1. The van der Waals surface area contributed by atoms with Crippen LogP contribution in [0.1, 0.15) is 52.9 Å². The van der Waals surface area contributed by atoms with E-state index in [-0.39, 0.29) is 11.8 Å². The first kappa shape index (κ1) is 16.8. The Balaban J connectivity index is 2.08.